The molecule has 0 radical (unpaired) electrons. The predicted octanol–water partition coefficient (Wildman–Crippen LogP) is 5.15. The van der Waals surface area contributed by atoms with Crippen molar-refractivity contribution in [3.63, 3.8) is 0 Å². The fourth-order valence-electron chi connectivity index (χ4n) is 2.94. The SMILES string of the molecule is C=C(c1cc(OCc2ccccc2)ccc1[N+](=O)[O-])c1ccc(OC)cc1[N+](=O)[O-]. The quantitative estimate of drug-likeness (QED) is 0.378. The lowest BCUT2D eigenvalue weighted by Crippen LogP contribution is -2.01. The number of rotatable bonds is 8. The van der Waals surface area contributed by atoms with Crippen LogP contribution in [0, 0.1) is 20.2 Å². The molecule has 3 rings (SSSR count). The Morgan fingerprint density at radius 3 is 2.17 bits per heavy atom. The van der Waals surface area contributed by atoms with Gasteiger partial charge in [0.2, 0.25) is 0 Å². The van der Waals surface area contributed by atoms with E-state index in [1.54, 1.807) is 0 Å². The van der Waals surface area contributed by atoms with Gasteiger partial charge < -0.3 is 9.47 Å². The van der Waals surface area contributed by atoms with Crippen molar-refractivity contribution in [2.75, 3.05) is 7.11 Å². The van der Waals surface area contributed by atoms with Gasteiger partial charge in [-0.1, -0.05) is 36.9 Å². The fraction of sp³-hybridized carbons (Fsp3) is 0.0909. The van der Waals surface area contributed by atoms with E-state index in [0.717, 1.165) is 5.56 Å². The lowest BCUT2D eigenvalue weighted by molar-refractivity contribution is -0.385. The average Bonchev–Trinajstić information content (AvgIpc) is 2.77. The molecule has 0 aliphatic heterocycles. The van der Waals surface area contributed by atoms with E-state index in [-0.39, 0.29) is 34.7 Å². The summed E-state index contributed by atoms with van der Waals surface area (Å²) in [6, 6.07) is 17.9. The van der Waals surface area contributed by atoms with Crippen molar-refractivity contribution in [1.29, 1.82) is 0 Å². The van der Waals surface area contributed by atoms with Gasteiger partial charge in [-0.2, -0.15) is 0 Å². The summed E-state index contributed by atoms with van der Waals surface area (Å²) < 4.78 is 10.8. The second-order valence-corrected chi connectivity index (χ2v) is 6.33. The first kappa shape index (κ1) is 20.5. The first-order valence-electron chi connectivity index (χ1n) is 8.88. The van der Waals surface area contributed by atoms with Gasteiger partial charge in [0.05, 0.1) is 34.1 Å². The Hall–Kier alpha value is -4.20. The van der Waals surface area contributed by atoms with E-state index in [1.165, 1.54) is 43.5 Å². The molecule has 3 aromatic carbocycles. The smallest absolute Gasteiger partial charge is 0.280 e. The zero-order valence-electron chi connectivity index (χ0n) is 16.1. The normalized spacial score (nSPS) is 10.3. The highest BCUT2D eigenvalue weighted by atomic mass is 16.6. The molecule has 0 aliphatic carbocycles. The molecule has 0 heterocycles. The Morgan fingerprint density at radius 1 is 0.867 bits per heavy atom. The third kappa shape index (κ3) is 4.44. The van der Waals surface area contributed by atoms with Crippen molar-refractivity contribution in [3.8, 4) is 11.5 Å². The zero-order valence-corrected chi connectivity index (χ0v) is 16.1. The zero-order chi connectivity index (χ0) is 21.7. The number of nitro groups is 2. The van der Waals surface area contributed by atoms with Gasteiger partial charge in [-0.3, -0.25) is 20.2 Å². The van der Waals surface area contributed by atoms with Crippen molar-refractivity contribution in [3.05, 3.63) is 110 Å². The van der Waals surface area contributed by atoms with Crippen LogP contribution in [0.5, 0.6) is 11.5 Å². The van der Waals surface area contributed by atoms with E-state index in [4.69, 9.17) is 9.47 Å². The Morgan fingerprint density at radius 2 is 1.53 bits per heavy atom. The molecule has 0 unspecified atom stereocenters. The minimum absolute atomic E-state index is 0.138. The number of hydrogen-bond donors (Lipinski definition) is 0. The van der Waals surface area contributed by atoms with Crippen LogP contribution in [0.2, 0.25) is 0 Å². The fourth-order valence-corrected chi connectivity index (χ4v) is 2.94. The summed E-state index contributed by atoms with van der Waals surface area (Å²) >= 11 is 0. The van der Waals surface area contributed by atoms with Gasteiger partial charge in [-0.25, -0.2) is 0 Å². The molecule has 0 aromatic heterocycles. The van der Waals surface area contributed by atoms with Gasteiger partial charge in [-0.15, -0.1) is 0 Å². The van der Waals surface area contributed by atoms with Crippen molar-refractivity contribution < 1.29 is 19.3 Å². The highest BCUT2D eigenvalue weighted by Crippen LogP contribution is 2.37. The van der Waals surface area contributed by atoms with E-state index >= 15 is 0 Å². The summed E-state index contributed by atoms with van der Waals surface area (Å²) in [5, 5.41) is 23.1. The summed E-state index contributed by atoms with van der Waals surface area (Å²) in [4.78, 5) is 21.9. The van der Waals surface area contributed by atoms with Crippen LogP contribution in [0.15, 0.2) is 73.3 Å². The predicted molar refractivity (Wildman–Crippen MR) is 112 cm³/mol. The molecule has 152 valence electrons. The minimum atomic E-state index is -0.579. The van der Waals surface area contributed by atoms with E-state index in [2.05, 4.69) is 6.58 Å². The summed E-state index contributed by atoms with van der Waals surface area (Å²) in [5.74, 6) is 0.685. The monoisotopic (exact) mass is 406 g/mol. The summed E-state index contributed by atoms with van der Waals surface area (Å²) in [6.45, 7) is 4.16. The Balaban J connectivity index is 2.00. The Kier molecular flexibility index (Phi) is 6.07. The van der Waals surface area contributed by atoms with Gasteiger partial charge in [0.25, 0.3) is 11.4 Å². The number of nitro benzene ring substituents is 2. The average molecular weight is 406 g/mol. The van der Waals surface area contributed by atoms with Crippen LogP contribution in [-0.4, -0.2) is 17.0 Å². The second kappa shape index (κ2) is 8.87. The summed E-state index contributed by atoms with van der Waals surface area (Å²) in [5.41, 5.74) is 0.882. The van der Waals surface area contributed by atoms with Crippen molar-refractivity contribution >= 4 is 16.9 Å². The molecule has 0 fully saturated rings. The number of nitrogens with zero attached hydrogens (tertiary/aromatic N) is 2. The standard InChI is InChI=1S/C22H18N2O6/c1-15(19-10-8-17(29-2)13-22(19)24(27)28)20-12-18(9-11-21(20)23(25)26)30-14-16-6-4-3-5-7-16/h3-13H,1,14H2,2H3. The minimum Gasteiger partial charge on any atom is -0.497 e. The molecular formula is C22H18N2O6. The van der Waals surface area contributed by atoms with Gasteiger partial charge in [0.15, 0.2) is 0 Å². The van der Waals surface area contributed by atoms with Gasteiger partial charge >= 0.3 is 0 Å². The molecule has 8 heteroatoms. The topological polar surface area (TPSA) is 105 Å². The molecule has 0 N–H and O–H groups in total. The van der Waals surface area contributed by atoms with Gasteiger partial charge in [0, 0.05) is 6.07 Å². The molecule has 0 atom stereocenters. The molecule has 3 aromatic rings. The third-order valence-electron chi connectivity index (χ3n) is 4.46. The van der Waals surface area contributed by atoms with Crippen LogP contribution in [0.3, 0.4) is 0 Å². The van der Waals surface area contributed by atoms with Gasteiger partial charge in [-0.05, 0) is 35.4 Å². The molecule has 0 amide bonds. The number of benzene rings is 3. The van der Waals surface area contributed by atoms with Crippen LogP contribution >= 0.6 is 0 Å². The molecule has 0 spiro atoms. The third-order valence-corrected chi connectivity index (χ3v) is 4.46. The van der Waals surface area contributed by atoms with E-state index in [0.29, 0.717) is 11.5 Å². The maximum absolute atomic E-state index is 11.5. The summed E-state index contributed by atoms with van der Waals surface area (Å²) in [6.07, 6.45) is 0. The number of hydrogen-bond acceptors (Lipinski definition) is 6. The molecule has 0 saturated carbocycles. The van der Waals surface area contributed by atoms with Crippen LogP contribution in [0.25, 0.3) is 5.57 Å². The summed E-state index contributed by atoms with van der Waals surface area (Å²) in [7, 11) is 1.39. The molecule has 0 saturated heterocycles. The molecular weight excluding hydrogens is 388 g/mol. The van der Waals surface area contributed by atoms with E-state index < -0.39 is 9.85 Å². The van der Waals surface area contributed by atoms with Crippen LogP contribution in [0.1, 0.15) is 16.7 Å². The molecule has 0 aliphatic rings. The highest BCUT2D eigenvalue weighted by Gasteiger charge is 2.24. The molecule has 30 heavy (non-hydrogen) atoms. The van der Waals surface area contributed by atoms with Crippen LogP contribution in [0.4, 0.5) is 11.4 Å². The number of methoxy groups -OCH3 is 1. The lowest BCUT2D eigenvalue weighted by atomic mass is 9.96. The van der Waals surface area contributed by atoms with Gasteiger partial charge in [0.1, 0.15) is 18.1 Å². The number of ether oxygens (including phenoxy) is 2. The maximum atomic E-state index is 11.5. The van der Waals surface area contributed by atoms with E-state index in [9.17, 15) is 20.2 Å². The van der Waals surface area contributed by atoms with Crippen molar-refractivity contribution in [2.45, 2.75) is 6.61 Å². The lowest BCUT2D eigenvalue weighted by Gasteiger charge is -2.12. The maximum Gasteiger partial charge on any atom is 0.280 e. The van der Waals surface area contributed by atoms with E-state index in [1.807, 2.05) is 30.3 Å². The second-order valence-electron chi connectivity index (χ2n) is 6.33. The first-order chi connectivity index (χ1) is 14.4. The molecule has 8 nitrogen and oxygen atoms in total. The first-order valence-corrected chi connectivity index (χ1v) is 8.88. The molecule has 0 bridgehead atoms. The highest BCUT2D eigenvalue weighted by molar-refractivity contribution is 5.87. The largest absolute Gasteiger partial charge is 0.497 e. The van der Waals surface area contributed by atoms with Crippen molar-refractivity contribution in [2.24, 2.45) is 0 Å². The Bertz CT molecular complexity index is 1110. The Labute approximate surface area is 172 Å². The van der Waals surface area contributed by atoms with Crippen LogP contribution < -0.4 is 9.47 Å². The van der Waals surface area contributed by atoms with Crippen LogP contribution in [-0.2, 0) is 6.61 Å². The van der Waals surface area contributed by atoms with Crippen molar-refractivity contribution in [1.82, 2.24) is 0 Å².